The van der Waals surface area contributed by atoms with E-state index in [1.165, 1.54) is 12.1 Å². The van der Waals surface area contributed by atoms with Gasteiger partial charge >= 0.3 is 5.97 Å². The van der Waals surface area contributed by atoms with E-state index in [0.29, 0.717) is 27.7 Å². The molecule has 0 unspecified atom stereocenters. The van der Waals surface area contributed by atoms with E-state index < -0.39 is 16.8 Å². The molecule has 0 aliphatic carbocycles. The van der Waals surface area contributed by atoms with Gasteiger partial charge in [0, 0.05) is 18.6 Å². The summed E-state index contributed by atoms with van der Waals surface area (Å²) in [5.41, 5.74) is 1.19. The van der Waals surface area contributed by atoms with Crippen LogP contribution in [0.5, 0.6) is 5.75 Å². The maximum absolute atomic E-state index is 12.4. The average molecular weight is 531 g/mol. The fourth-order valence-corrected chi connectivity index (χ4v) is 4.40. The highest BCUT2D eigenvalue weighted by Gasteiger charge is 2.33. The molecule has 0 atom stereocenters. The molecule has 1 heterocycles. The number of amides is 1. The number of nitrogens with zero attached hydrogens (tertiary/aromatic N) is 2. The highest BCUT2D eigenvalue weighted by Crippen LogP contribution is 2.40. The molecule has 3 rings (SSSR count). The predicted molar refractivity (Wildman–Crippen MR) is 138 cm³/mol. The Bertz CT molecular complexity index is 1270. The van der Waals surface area contributed by atoms with Crippen molar-refractivity contribution in [1.82, 2.24) is 0 Å². The highest BCUT2D eigenvalue weighted by molar-refractivity contribution is 8.18. The van der Waals surface area contributed by atoms with Crippen molar-refractivity contribution in [3.8, 4) is 5.75 Å². The number of non-ortho nitro benzene ring substituents is 1. The van der Waals surface area contributed by atoms with Crippen LogP contribution in [0.15, 0.2) is 63.7 Å². The van der Waals surface area contributed by atoms with Gasteiger partial charge < -0.3 is 14.6 Å². The molecule has 0 fully saturated rings. The Balaban J connectivity index is 1.80. The van der Waals surface area contributed by atoms with Gasteiger partial charge in [0.05, 0.1) is 21.5 Å². The summed E-state index contributed by atoms with van der Waals surface area (Å²) >= 11 is 7.36. The zero-order valence-corrected chi connectivity index (χ0v) is 21.1. The third kappa shape index (κ3) is 6.73. The molecule has 1 amide bonds. The van der Waals surface area contributed by atoms with Crippen LogP contribution in [0.25, 0.3) is 6.08 Å². The second-order valence-electron chi connectivity index (χ2n) is 7.52. The number of halogens is 1. The molecule has 1 N–H and O–H groups in total. The average Bonchev–Trinajstić information content (AvgIpc) is 3.13. The Morgan fingerprint density at radius 2 is 1.92 bits per heavy atom. The number of aliphatic imine (C=N–C) groups is 1. The van der Waals surface area contributed by atoms with Crippen LogP contribution in [-0.2, 0) is 20.9 Å². The van der Waals surface area contributed by atoms with Crippen LogP contribution in [-0.4, -0.2) is 33.6 Å². The lowest BCUT2D eigenvalue weighted by Gasteiger charge is -2.09. The second-order valence-corrected chi connectivity index (χ2v) is 8.96. The van der Waals surface area contributed by atoms with Crippen molar-refractivity contribution in [3.05, 3.63) is 85.0 Å². The van der Waals surface area contributed by atoms with Crippen molar-refractivity contribution >= 4 is 52.0 Å². The summed E-state index contributed by atoms with van der Waals surface area (Å²) in [5.74, 6) is -1.08. The number of nitro groups is 1. The topological polar surface area (TPSA) is 128 Å². The minimum absolute atomic E-state index is 0.00898. The first-order chi connectivity index (χ1) is 17.2. The number of carbonyl (C=O) groups excluding carboxylic acids is 2. The molecule has 36 heavy (non-hydrogen) atoms. The van der Waals surface area contributed by atoms with E-state index in [2.05, 4.69) is 4.99 Å². The SMILES string of the molecule is CCCC(=O)N=C1S/C(=C\c2ccc(OCc3ccc([N+](=O)[O-])cc3)c(Cl)c2)C(O)=C1C(=O)OCC. The third-order valence-corrected chi connectivity index (χ3v) is 6.17. The largest absolute Gasteiger partial charge is 0.506 e. The maximum Gasteiger partial charge on any atom is 0.344 e. The number of carbonyl (C=O) groups is 2. The lowest BCUT2D eigenvalue weighted by atomic mass is 10.1. The fraction of sp³-hybridized carbons (Fsp3) is 0.240. The van der Waals surface area contributed by atoms with Gasteiger partial charge in [0.1, 0.15) is 28.7 Å². The van der Waals surface area contributed by atoms with Gasteiger partial charge in [0.15, 0.2) is 0 Å². The normalized spacial score (nSPS) is 15.4. The van der Waals surface area contributed by atoms with Gasteiger partial charge in [-0.05, 0) is 54.8 Å². The number of aliphatic hydroxyl groups excluding tert-OH is 1. The Morgan fingerprint density at radius 3 is 2.53 bits per heavy atom. The Labute approximate surface area is 216 Å². The number of benzene rings is 2. The fourth-order valence-electron chi connectivity index (χ4n) is 3.13. The number of ether oxygens (including phenoxy) is 2. The first kappa shape index (κ1) is 27.0. The van der Waals surface area contributed by atoms with E-state index in [1.54, 1.807) is 43.3 Å². The van der Waals surface area contributed by atoms with Gasteiger partial charge in [-0.1, -0.05) is 36.4 Å². The van der Waals surface area contributed by atoms with E-state index in [0.717, 1.165) is 17.3 Å². The van der Waals surface area contributed by atoms with E-state index >= 15 is 0 Å². The quantitative estimate of drug-likeness (QED) is 0.237. The molecule has 0 saturated carbocycles. The molecule has 0 aromatic heterocycles. The minimum Gasteiger partial charge on any atom is -0.506 e. The number of aliphatic hydroxyl groups is 1. The lowest BCUT2D eigenvalue weighted by Crippen LogP contribution is -2.14. The highest BCUT2D eigenvalue weighted by atomic mass is 35.5. The van der Waals surface area contributed by atoms with Crippen LogP contribution in [0.4, 0.5) is 5.69 Å². The number of rotatable bonds is 9. The van der Waals surface area contributed by atoms with Gasteiger partial charge in [0.25, 0.3) is 5.69 Å². The monoisotopic (exact) mass is 530 g/mol. The molecule has 1 aliphatic rings. The van der Waals surface area contributed by atoms with Crippen molar-refractivity contribution < 1.29 is 29.1 Å². The number of esters is 1. The van der Waals surface area contributed by atoms with Gasteiger partial charge in [-0.3, -0.25) is 14.9 Å². The Hall–Kier alpha value is -3.63. The summed E-state index contributed by atoms with van der Waals surface area (Å²) in [7, 11) is 0. The predicted octanol–water partition coefficient (Wildman–Crippen LogP) is 6.02. The molecule has 2 aromatic rings. The number of thioether (sulfide) groups is 1. The first-order valence-electron chi connectivity index (χ1n) is 11.0. The standard InChI is InChI=1S/C25H23ClN2O7S/c1-3-5-21(29)27-24-22(25(31)34-4-2)23(30)20(36-24)13-16-8-11-19(18(26)12-16)35-14-15-6-9-17(10-7-15)28(32)33/h6-13,30H,3-5,14H2,1-2H3/b20-13-,27-24?. The van der Waals surface area contributed by atoms with Crippen LogP contribution in [0.3, 0.4) is 0 Å². The van der Waals surface area contributed by atoms with E-state index in [4.69, 9.17) is 21.1 Å². The molecule has 0 saturated heterocycles. The van der Waals surface area contributed by atoms with Crippen LogP contribution in [0.2, 0.25) is 5.02 Å². The van der Waals surface area contributed by atoms with Gasteiger partial charge in [-0.15, -0.1) is 0 Å². The molecular formula is C25H23ClN2O7S. The van der Waals surface area contributed by atoms with E-state index in [1.807, 2.05) is 6.92 Å². The van der Waals surface area contributed by atoms with Crippen LogP contribution in [0.1, 0.15) is 37.8 Å². The first-order valence-corrected chi connectivity index (χ1v) is 12.2. The maximum atomic E-state index is 12.4. The van der Waals surface area contributed by atoms with Crippen molar-refractivity contribution in [2.75, 3.05) is 6.61 Å². The smallest absolute Gasteiger partial charge is 0.344 e. The Morgan fingerprint density at radius 1 is 1.19 bits per heavy atom. The summed E-state index contributed by atoms with van der Waals surface area (Å²) in [5, 5.41) is 21.9. The van der Waals surface area contributed by atoms with Crippen LogP contribution >= 0.6 is 23.4 Å². The number of hydrogen-bond donors (Lipinski definition) is 1. The molecular weight excluding hydrogens is 508 g/mol. The lowest BCUT2D eigenvalue weighted by molar-refractivity contribution is -0.384. The summed E-state index contributed by atoms with van der Waals surface area (Å²) in [4.78, 5) is 39.1. The van der Waals surface area contributed by atoms with Crippen molar-refractivity contribution in [2.24, 2.45) is 4.99 Å². The van der Waals surface area contributed by atoms with Crippen LogP contribution in [0, 0.1) is 10.1 Å². The molecule has 0 radical (unpaired) electrons. The molecule has 11 heteroatoms. The second kappa shape index (κ2) is 12.4. The number of hydrogen-bond acceptors (Lipinski definition) is 8. The van der Waals surface area contributed by atoms with Crippen LogP contribution < -0.4 is 4.74 Å². The van der Waals surface area contributed by atoms with Gasteiger partial charge in [0.2, 0.25) is 5.91 Å². The van der Waals surface area contributed by atoms with Crippen molar-refractivity contribution in [3.63, 3.8) is 0 Å². The summed E-state index contributed by atoms with van der Waals surface area (Å²) in [6.07, 6.45) is 2.43. The minimum atomic E-state index is -0.762. The molecule has 1 aliphatic heterocycles. The number of nitro benzene ring substituents is 1. The molecule has 0 spiro atoms. The molecule has 188 valence electrons. The van der Waals surface area contributed by atoms with E-state index in [9.17, 15) is 24.8 Å². The third-order valence-electron chi connectivity index (χ3n) is 4.86. The Kier molecular flexibility index (Phi) is 9.26. The zero-order valence-electron chi connectivity index (χ0n) is 19.5. The summed E-state index contributed by atoms with van der Waals surface area (Å²) in [6, 6.07) is 11.0. The molecule has 2 aromatic carbocycles. The molecule has 9 nitrogen and oxygen atoms in total. The van der Waals surface area contributed by atoms with Gasteiger partial charge in [-0.2, -0.15) is 0 Å². The summed E-state index contributed by atoms with van der Waals surface area (Å²) < 4.78 is 10.7. The van der Waals surface area contributed by atoms with Crippen molar-refractivity contribution in [2.45, 2.75) is 33.3 Å². The summed E-state index contributed by atoms with van der Waals surface area (Å²) in [6.45, 7) is 3.74. The van der Waals surface area contributed by atoms with Gasteiger partial charge in [-0.25, -0.2) is 9.79 Å². The van der Waals surface area contributed by atoms with Crippen molar-refractivity contribution in [1.29, 1.82) is 0 Å². The molecule has 0 bridgehead atoms. The van der Waals surface area contributed by atoms with E-state index in [-0.39, 0.29) is 41.7 Å². The zero-order chi connectivity index (χ0) is 26.2.